The third kappa shape index (κ3) is 17.9. The molecular weight excluding hydrogens is 696 g/mol. The van der Waals surface area contributed by atoms with Crippen molar-refractivity contribution in [3.05, 3.63) is 0 Å². The van der Waals surface area contributed by atoms with Crippen molar-refractivity contribution in [2.45, 2.75) is 0 Å². The molecule has 31 valence electrons. The summed E-state index contributed by atoms with van der Waals surface area (Å²) in [7, 11) is 0. The number of hydrogen-bond acceptors (Lipinski definition) is 0. The predicted molar refractivity (Wildman–Crippen MR) is 5.85 cm³/mol. The van der Waals surface area contributed by atoms with Gasteiger partial charge >= 0.3 is 0 Å². The molecule has 0 aliphatic heterocycles. The number of hydrogen-bond donors (Lipinski definition) is 0. The van der Waals surface area contributed by atoms with Crippen molar-refractivity contribution in [1.82, 2.24) is 0 Å². The van der Waals surface area contributed by atoms with Gasteiger partial charge in [-0.05, 0) is 0 Å². The average molecular weight is 696 g/mol. The summed E-state index contributed by atoms with van der Waals surface area (Å²) in [5.41, 5.74) is 0. The molecule has 0 unspecified atom stereocenters. The van der Waals surface area contributed by atoms with Gasteiger partial charge in [0.1, 0.15) is 0 Å². The second kappa shape index (κ2) is 24.1. The van der Waals surface area contributed by atoms with E-state index in [1.165, 1.54) is 0 Å². The maximum Gasteiger partial charge on any atom is 0 e. The van der Waals surface area contributed by atoms with Gasteiger partial charge in [0.2, 0.25) is 0 Å². The molecule has 5 heteroatoms. The van der Waals surface area contributed by atoms with E-state index in [0.717, 1.165) is 0 Å². The van der Waals surface area contributed by atoms with Crippen molar-refractivity contribution in [3.63, 3.8) is 0 Å². The van der Waals surface area contributed by atoms with Crippen molar-refractivity contribution in [3.8, 4) is 0 Å². The van der Waals surface area contributed by atoms with Gasteiger partial charge in [-0.25, -0.2) is 0 Å². The molecule has 0 saturated heterocycles. The van der Waals surface area contributed by atoms with E-state index in [4.69, 9.17) is 0 Å². The van der Waals surface area contributed by atoms with E-state index in [0.29, 0.717) is 0 Å². The standard InChI is InChI=1S/Ce.Cl.La.Pt.Re. The van der Waals surface area contributed by atoms with E-state index in [2.05, 4.69) is 0 Å². The Bertz CT molecular complexity index is 11.6. The molecule has 0 spiro atoms. The first-order chi connectivity index (χ1) is 0. The maximum absolute atomic E-state index is 0. The molecule has 0 aliphatic carbocycles. The quantitative estimate of drug-likeness (QED) is 0.350. The van der Waals surface area contributed by atoms with Crippen LogP contribution in [0.4, 0.5) is 0 Å². The smallest absolute Gasteiger partial charge is 0 e. The molecule has 0 bridgehead atoms. The zero-order valence-corrected chi connectivity index (χ0v) is 14.7. The van der Waals surface area contributed by atoms with Crippen LogP contribution in [-0.2, 0) is 41.5 Å². The van der Waals surface area contributed by atoms with Gasteiger partial charge in [0.15, 0.2) is 0 Å². The maximum atomic E-state index is 0. The molecule has 0 aromatic heterocycles. The first kappa shape index (κ1) is 35.0. The summed E-state index contributed by atoms with van der Waals surface area (Å²) in [5.74, 6) is 0. The van der Waals surface area contributed by atoms with Crippen molar-refractivity contribution in [1.29, 1.82) is 0 Å². The van der Waals surface area contributed by atoms with Crippen LogP contribution in [0.15, 0.2) is 0 Å². The summed E-state index contributed by atoms with van der Waals surface area (Å²) in [6, 6.07) is 0. The summed E-state index contributed by atoms with van der Waals surface area (Å²) < 4.78 is 0. The first-order valence-corrected chi connectivity index (χ1v) is 0. The van der Waals surface area contributed by atoms with Crippen LogP contribution in [-0.4, -0.2) is 0 Å². The summed E-state index contributed by atoms with van der Waals surface area (Å²) in [6.07, 6.45) is 0. The fraction of sp³-hybridized carbons (Fsp3) is 0. The molecule has 0 heterocycles. The number of halogens is 1. The molecule has 0 aromatic rings. The van der Waals surface area contributed by atoms with E-state index < -0.39 is 0 Å². The van der Waals surface area contributed by atoms with E-state index in [1.807, 2.05) is 0 Å². The average Bonchev–Trinajstić information content (AvgIpc) is 0. The van der Waals surface area contributed by atoms with Crippen LogP contribution in [0.25, 0.3) is 0 Å². The Labute approximate surface area is 128 Å². The van der Waals surface area contributed by atoms with E-state index in [-0.39, 0.29) is 131 Å². The first-order valence-electron chi connectivity index (χ1n) is 0. The minimum Gasteiger partial charge on any atom is 0 e. The van der Waals surface area contributed by atoms with Crippen LogP contribution in [0, 0.1) is 77.3 Å². The topological polar surface area (TPSA) is 0 Å². The molecular formula is CeClLaPtRe. The fourth-order valence-corrected chi connectivity index (χ4v) is 0. The summed E-state index contributed by atoms with van der Waals surface area (Å²) in [4.78, 5) is 0. The van der Waals surface area contributed by atoms with Crippen molar-refractivity contribution < 1.29 is 119 Å². The van der Waals surface area contributed by atoms with Gasteiger partial charge < -0.3 is 0 Å². The molecule has 0 amide bonds. The molecule has 0 N–H and O–H groups in total. The van der Waals surface area contributed by atoms with Crippen molar-refractivity contribution in [2.75, 3.05) is 0 Å². The molecule has 0 saturated carbocycles. The Morgan fingerprint density at radius 3 is 1.00 bits per heavy atom. The third-order valence-corrected chi connectivity index (χ3v) is 0. The van der Waals surface area contributed by atoms with Gasteiger partial charge in [-0.15, -0.1) is 0 Å². The summed E-state index contributed by atoms with van der Waals surface area (Å²) >= 11 is 0. The van der Waals surface area contributed by atoms with Crippen LogP contribution < -0.4 is 0 Å². The van der Waals surface area contributed by atoms with Gasteiger partial charge in [0.05, 0.1) is 0 Å². The molecule has 0 aliphatic rings. The molecule has 3 radical (unpaired) electrons. The second-order valence-corrected chi connectivity index (χ2v) is 0. The van der Waals surface area contributed by atoms with Crippen LogP contribution in [0.3, 0.4) is 0 Å². The van der Waals surface area contributed by atoms with Gasteiger partial charge in [0.25, 0.3) is 0 Å². The zero-order valence-electron chi connectivity index (χ0n) is 2.15. The Morgan fingerprint density at radius 1 is 1.00 bits per heavy atom. The summed E-state index contributed by atoms with van der Waals surface area (Å²) in [5, 5.41) is 0. The van der Waals surface area contributed by atoms with Crippen molar-refractivity contribution >= 4 is 12.4 Å². The molecule has 5 heavy (non-hydrogen) atoms. The van der Waals surface area contributed by atoms with Gasteiger partial charge in [-0.2, -0.15) is 0 Å². The van der Waals surface area contributed by atoms with Crippen LogP contribution in [0.1, 0.15) is 0 Å². The molecule has 0 rings (SSSR count). The normalized spacial score (nSPS) is 0. The minimum atomic E-state index is 0. The molecule has 0 nitrogen and oxygen atoms in total. The fourth-order valence-electron chi connectivity index (χ4n) is 0. The van der Waals surface area contributed by atoms with Crippen LogP contribution in [0.2, 0.25) is 0 Å². The van der Waals surface area contributed by atoms with E-state index >= 15 is 0 Å². The summed E-state index contributed by atoms with van der Waals surface area (Å²) in [6.45, 7) is 0. The minimum absolute atomic E-state index is 0. The SMILES string of the molecule is [Ce].[Cl].[La].[Pt].[Re]. The largest absolute Gasteiger partial charge is 0 e. The Hall–Kier alpha value is 4.21. The molecule has 0 aromatic carbocycles. The Kier molecular flexibility index (Phi) is 169. The monoisotopic (exact) mass is 696 g/mol. The predicted octanol–water partition coefficient (Wildman–Crippen LogP) is 0.685. The zero-order chi connectivity index (χ0) is 0. The van der Waals surface area contributed by atoms with E-state index in [9.17, 15) is 0 Å². The molecule has 0 fully saturated rings. The van der Waals surface area contributed by atoms with Crippen molar-refractivity contribution in [2.24, 2.45) is 0 Å². The van der Waals surface area contributed by atoms with Gasteiger partial charge in [-0.3, -0.25) is 0 Å². The van der Waals surface area contributed by atoms with Gasteiger partial charge in [0, 0.05) is 131 Å². The van der Waals surface area contributed by atoms with Crippen LogP contribution >= 0.6 is 12.4 Å². The van der Waals surface area contributed by atoms with Gasteiger partial charge in [-0.1, -0.05) is 0 Å². The second-order valence-electron chi connectivity index (χ2n) is 0. The van der Waals surface area contributed by atoms with Crippen LogP contribution in [0.5, 0.6) is 0 Å². The Morgan fingerprint density at radius 2 is 1.00 bits per heavy atom. The molecule has 0 atom stereocenters. The van der Waals surface area contributed by atoms with E-state index in [1.54, 1.807) is 0 Å². The number of rotatable bonds is 0. The Balaban J connectivity index is 0. The third-order valence-electron chi connectivity index (χ3n) is 0.